The molecule has 3 aromatic rings. The Hall–Kier alpha value is -2.38. The van der Waals surface area contributed by atoms with Crippen molar-refractivity contribution in [1.82, 2.24) is 15.0 Å². The fourth-order valence-electron chi connectivity index (χ4n) is 3.01. The first-order valence-electron chi connectivity index (χ1n) is 8.79. The number of thiophene rings is 1. The lowest BCUT2D eigenvalue weighted by atomic mass is 10.2. The third-order valence-electron chi connectivity index (χ3n) is 4.13. The van der Waals surface area contributed by atoms with Crippen molar-refractivity contribution in [3.63, 3.8) is 0 Å². The van der Waals surface area contributed by atoms with Crippen molar-refractivity contribution >= 4 is 11.3 Å². The number of benzene rings is 1. The Morgan fingerprint density at radius 3 is 2.88 bits per heavy atom. The summed E-state index contributed by atoms with van der Waals surface area (Å²) in [6, 6.07) is 11.7. The molecule has 1 atom stereocenters. The van der Waals surface area contributed by atoms with Gasteiger partial charge in [0.2, 0.25) is 0 Å². The second-order valence-corrected chi connectivity index (χ2v) is 7.17. The summed E-state index contributed by atoms with van der Waals surface area (Å²) in [6.07, 6.45) is 1.03. The summed E-state index contributed by atoms with van der Waals surface area (Å²) in [4.78, 5) is 7.80. The van der Waals surface area contributed by atoms with Crippen LogP contribution < -0.4 is 9.47 Å². The lowest BCUT2D eigenvalue weighted by molar-refractivity contribution is 0.0555. The molecule has 26 heavy (non-hydrogen) atoms. The maximum atomic E-state index is 6.08. The monoisotopic (exact) mass is 371 g/mol. The first-order valence-corrected chi connectivity index (χ1v) is 9.67. The van der Waals surface area contributed by atoms with Crippen molar-refractivity contribution in [3.05, 3.63) is 47.6 Å². The van der Waals surface area contributed by atoms with Gasteiger partial charge in [-0.25, -0.2) is 0 Å². The van der Waals surface area contributed by atoms with Crippen LogP contribution in [0.4, 0.5) is 0 Å². The van der Waals surface area contributed by atoms with Gasteiger partial charge in [0.1, 0.15) is 12.7 Å². The Morgan fingerprint density at radius 2 is 2.08 bits per heavy atom. The first-order chi connectivity index (χ1) is 12.8. The Balaban J connectivity index is 1.40. The van der Waals surface area contributed by atoms with E-state index < -0.39 is 0 Å². The molecular formula is C19H21N3O3S. The third-order valence-corrected chi connectivity index (χ3v) is 4.99. The van der Waals surface area contributed by atoms with Crippen molar-refractivity contribution in [3.8, 4) is 22.3 Å². The van der Waals surface area contributed by atoms with Crippen molar-refractivity contribution in [2.24, 2.45) is 0 Å². The van der Waals surface area contributed by atoms with Crippen LogP contribution in [0.15, 0.2) is 46.3 Å². The SMILES string of the molecule is CCCN(Cc1noc(-c2cccs2)n1)C[C@@H]1COc2ccccc2O1. The van der Waals surface area contributed by atoms with E-state index in [0.717, 1.165) is 35.9 Å². The molecule has 136 valence electrons. The summed E-state index contributed by atoms with van der Waals surface area (Å²) in [5.41, 5.74) is 0. The van der Waals surface area contributed by atoms with Gasteiger partial charge < -0.3 is 14.0 Å². The Morgan fingerprint density at radius 1 is 1.19 bits per heavy atom. The molecule has 6 nitrogen and oxygen atoms in total. The van der Waals surface area contributed by atoms with Gasteiger partial charge in [-0.15, -0.1) is 11.3 Å². The maximum Gasteiger partial charge on any atom is 0.268 e. The first kappa shape index (κ1) is 17.1. The van der Waals surface area contributed by atoms with Gasteiger partial charge in [0, 0.05) is 6.54 Å². The van der Waals surface area contributed by atoms with E-state index in [0.29, 0.717) is 24.9 Å². The average molecular weight is 371 g/mol. The average Bonchev–Trinajstić information content (AvgIpc) is 3.33. The summed E-state index contributed by atoms with van der Waals surface area (Å²) in [6.45, 7) is 5.03. The number of nitrogens with zero attached hydrogens (tertiary/aromatic N) is 3. The predicted molar refractivity (Wildman–Crippen MR) is 99.5 cm³/mol. The predicted octanol–water partition coefficient (Wildman–Crippen LogP) is 3.85. The van der Waals surface area contributed by atoms with Crippen LogP contribution in [-0.2, 0) is 6.54 Å². The van der Waals surface area contributed by atoms with Crippen LogP contribution in [0.3, 0.4) is 0 Å². The van der Waals surface area contributed by atoms with Gasteiger partial charge in [0.25, 0.3) is 5.89 Å². The summed E-state index contributed by atoms with van der Waals surface area (Å²) in [5.74, 6) is 2.89. The fourth-order valence-corrected chi connectivity index (χ4v) is 3.66. The van der Waals surface area contributed by atoms with E-state index >= 15 is 0 Å². The number of para-hydroxylation sites is 2. The molecule has 0 fully saturated rings. The molecule has 4 rings (SSSR count). The number of fused-ring (bicyclic) bond motifs is 1. The van der Waals surface area contributed by atoms with Gasteiger partial charge in [-0.2, -0.15) is 4.98 Å². The van der Waals surface area contributed by atoms with Gasteiger partial charge in [0.05, 0.1) is 11.4 Å². The zero-order valence-electron chi connectivity index (χ0n) is 14.6. The lowest BCUT2D eigenvalue weighted by Gasteiger charge is -2.30. The van der Waals surface area contributed by atoms with Crippen molar-refractivity contribution < 1.29 is 14.0 Å². The quantitative estimate of drug-likeness (QED) is 0.629. The highest BCUT2D eigenvalue weighted by Gasteiger charge is 2.24. The largest absolute Gasteiger partial charge is 0.486 e. The van der Waals surface area contributed by atoms with Crippen LogP contribution in [0.2, 0.25) is 0 Å². The Bertz CT molecular complexity index is 834. The molecule has 0 bridgehead atoms. The van der Waals surface area contributed by atoms with Crippen molar-refractivity contribution in [2.75, 3.05) is 19.7 Å². The summed E-state index contributed by atoms with van der Waals surface area (Å²) in [5, 5.41) is 6.13. The van der Waals surface area contributed by atoms with E-state index in [-0.39, 0.29) is 6.10 Å². The van der Waals surface area contributed by atoms with Crippen molar-refractivity contribution in [2.45, 2.75) is 26.0 Å². The highest BCUT2D eigenvalue weighted by molar-refractivity contribution is 7.13. The number of ether oxygens (including phenoxy) is 2. The summed E-state index contributed by atoms with van der Waals surface area (Å²) in [7, 11) is 0. The van der Waals surface area contributed by atoms with Gasteiger partial charge in [0.15, 0.2) is 17.3 Å². The third kappa shape index (κ3) is 3.89. The molecule has 3 heterocycles. The molecule has 0 amide bonds. The second kappa shape index (κ2) is 7.88. The minimum atomic E-state index is -0.0138. The van der Waals surface area contributed by atoms with Crippen LogP contribution in [0.5, 0.6) is 11.5 Å². The van der Waals surface area contributed by atoms with E-state index in [1.54, 1.807) is 11.3 Å². The number of hydrogen-bond acceptors (Lipinski definition) is 7. The van der Waals surface area contributed by atoms with Crippen molar-refractivity contribution in [1.29, 1.82) is 0 Å². The van der Waals surface area contributed by atoms with Crippen LogP contribution in [0.1, 0.15) is 19.2 Å². The van der Waals surface area contributed by atoms with Gasteiger partial charge in [-0.1, -0.05) is 30.3 Å². The van der Waals surface area contributed by atoms with Crippen LogP contribution in [-0.4, -0.2) is 40.8 Å². The molecule has 1 aliphatic heterocycles. The highest BCUT2D eigenvalue weighted by atomic mass is 32.1. The van der Waals surface area contributed by atoms with Gasteiger partial charge in [-0.3, -0.25) is 4.90 Å². The van der Waals surface area contributed by atoms with Gasteiger partial charge in [-0.05, 0) is 36.5 Å². The molecular weight excluding hydrogens is 350 g/mol. The van der Waals surface area contributed by atoms with Crippen LogP contribution in [0, 0.1) is 0 Å². The second-order valence-electron chi connectivity index (χ2n) is 6.23. The molecule has 2 aromatic heterocycles. The molecule has 1 aromatic carbocycles. The fraction of sp³-hybridized carbons (Fsp3) is 0.368. The molecule has 0 aliphatic carbocycles. The normalized spacial score (nSPS) is 16.2. The zero-order valence-corrected chi connectivity index (χ0v) is 15.4. The molecule has 0 saturated carbocycles. The topological polar surface area (TPSA) is 60.6 Å². The standard InChI is InChI=1S/C19H21N3O3S/c1-2-9-22(11-14-13-23-15-6-3-4-7-16(15)24-14)12-18-20-19(25-21-18)17-8-5-10-26-17/h3-8,10,14H,2,9,11-13H2,1H3/t14-/m1/s1. The van der Waals surface area contributed by atoms with Crippen LogP contribution in [0.25, 0.3) is 10.8 Å². The van der Waals surface area contributed by atoms with Crippen LogP contribution >= 0.6 is 11.3 Å². The van der Waals surface area contributed by atoms with E-state index in [4.69, 9.17) is 14.0 Å². The summed E-state index contributed by atoms with van der Waals surface area (Å²) >= 11 is 1.59. The van der Waals surface area contributed by atoms with E-state index in [1.165, 1.54) is 0 Å². The summed E-state index contributed by atoms with van der Waals surface area (Å²) < 4.78 is 17.3. The molecule has 0 unspecified atom stereocenters. The molecule has 7 heteroatoms. The molecule has 1 aliphatic rings. The minimum absolute atomic E-state index is 0.0138. The molecule has 0 saturated heterocycles. The molecule has 0 radical (unpaired) electrons. The Kier molecular flexibility index (Phi) is 5.17. The number of aromatic nitrogens is 2. The minimum Gasteiger partial charge on any atom is -0.486 e. The van der Waals surface area contributed by atoms with E-state index in [2.05, 4.69) is 22.0 Å². The Labute approximate surface area is 156 Å². The lowest BCUT2D eigenvalue weighted by Crippen LogP contribution is -2.41. The number of rotatable bonds is 7. The molecule has 0 spiro atoms. The van der Waals surface area contributed by atoms with E-state index in [1.807, 2.05) is 41.8 Å². The highest BCUT2D eigenvalue weighted by Crippen LogP contribution is 2.31. The van der Waals surface area contributed by atoms with E-state index in [9.17, 15) is 0 Å². The molecule has 0 N–H and O–H groups in total. The maximum absolute atomic E-state index is 6.08. The smallest absolute Gasteiger partial charge is 0.268 e. The zero-order chi connectivity index (χ0) is 17.8. The van der Waals surface area contributed by atoms with Gasteiger partial charge >= 0.3 is 0 Å². The number of hydrogen-bond donors (Lipinski definition) is 0.